The second-order valence-corrected chi connectivity index (χ2v) is 14.4. The van der Waals surface area contributed by atoms with Gasteiger partial charge in [0.1, 0.15) is 24.0 Å². The van der Waals surface area contributed by atoms with Crippen LogP contribution in [0.3, 0.4) is 0 Å². The monoisotopic (exact) mass is 732 g/mol. The summed E-state index contributed by atoms with van der Waals surface area (Å²) in [6, 6.07) is 10.0. The summed E-state index contributed by atoms with van der Waals surface area (Å²) >= 11 is 6.42. The van der Waals surface area contributed by atoms with Crippen LogP contribution in [0.15, 0.2) is 55.0 Å². The Morgan fingerprint density at radius 2 is 1.84 bits per heavy atom. The molecule has 2 aromatic heterocycles. The molecule has 2 fully saturated rings. The fraction of sp³-hybridized carbons (Fsp3) is 0.412. The van der Waals surface area contributed by atoms with E-state index in [1.54, 1.807) is 18.3 Å². The van der Waals surface area contributed by atoms with Crippen LogP contribution in [0.2, 0.25) is 5.02 Å². The number of hydrogen-bond acceptors (Lipinski definition) is 7. The molecule has 0 radical (unpaired) electrons. The lowest BCUT2D eigenvalue weighted by atomic mass is 9.75. The Balaban J connectivity index is 1.44. The van der Waals surface area contributed by atoms with Gasteiger partial charge in [-0.15, -0.1) is 0 Å². The summed E-state index contributed by atoms with van der Waals surface area (Å²) < 4.78 is 74.7. The van der Waals surface area contributed by atoms with E-state index in [1.165, 1.54) is 18.2 Å². The van der Waals surface area contributed by atoms with Crippen molar-refractivity contribution in [2.45, 2.75) is 76.7 Å². The molecule has 1 saturated heterocycles. The van der Waals surface area contributed by atoms with Crippen LogP contribution in [0.1, 0.15) is 75.1 Å². The number of nitrogens with one attached hydrogen (secondary N) is 3. The molecule has 1 aliphatic carbocycles. The molecule has 2 amide bonds. The van der Waals surface area contributed by atoms with Crippen LogP contribution < -0.4 is 10.6 Å². The van der Waals surface area contributed by atoms with Crippen LogP contribution in [-0.2, 0) is 15.1 Å². The SMILES string of the molecule is Cc1nccc2cc([C@@]3(CC(C)(C)C)NC(=N)N([C@H](COC(=O)NC4(C(F)(F)F)CC4)c4ccc(Cl)c(-n5ncnc5C(F)F)c4)C3=O)ccc12. The standard InChI is InChI=1S/C34H34ClF5N8O3/c1-18-22-7-6-21(13-19(22)9-12-42-18)33(16-31(2,3)4)28(49)47(29(41)45-33)25(15-51-30(50)46-32(10-11-32)34(38,39)40)20-5-8-23(35)24(14-20)48-27(26(36)37)43-17-44-48/h5-9,12-14,17,25-26H,10-11,15-16H2,1-4H3,(H2,41,45)(H,46,50)/t25-,33-/m1/s1. The highest BCUT2D eigenvalue weighted by atomic mass is 35.5. The zero-order chi connectivity index (χ0) is 37.1. The summed E-state index contributed by atoms with van der Waals surface area (Å²) in [5, 5.41) is 19.6. The lowest BCUT2D eigenvalue weighted by molar-refractivity contribution is -0.164. The van der Waals surface area contributed by atoms with E-state index in [0.717, 1.165) is 32.4 Å². The van der Waals surface area contributed by atoms with E-state index in [1.807, 2.05) is 45.1 Å². The van der Waals surface area contributed by atoms with Gasteiger partial charge >= 0.3 is 12.3 Å². The van der Waals surface area contributed by atoms with Crippen molar-refractivity contribution in [2.24, 2.45) is 5.41 Å². The molecule has 3 heterocycles. The fourth-order valence-corrected chi connectivity index (χ4v) is 6.72. The van der Waals surface area contributed by atoms with E-state index < -0.39 is 59.6 Å². The molecule has 270 valence electrons. The average Bonchev–Trinajstić information content (AvgIpc) is 3.59. The minimum absolute atomic E-state index is 0.0200. The van der Waals surface area contributed by atoms with Gasteiger partial charge in [0, 0.05) is 17.3 Å². The molecule has 4 aromatic rings. The molecule has 0 spiro atoms. The van der Waals surface area contributed by atoms with Crippen LogP contribution in [0, 0.1) is 17.7 Å². The fourth-order valence-electron chi connectivity index (χ4n) is 6.52. The Bertz CT molecular complexity index is 2030. The van der Waals surface area contributed by atoms with Gasteiger partial charge < -0.3 is 15.4 Å². The maximum absolute atomic E-state index is 14.9. The predicted molar refractivity (Wildman–Crippen MR) is 177 cm³/mol. The van der Waals surface area contributed by atoms with E-state index in [2.05, 4.69) is 20.4 Å². The summed E-state index contributed by atoms with van der Waals surface area (Å²) in [4.78, 5) is 36.8. The Morgan fingerprint density at radius 3 is 2.49 bits per heavy atom. The Labute approximate surface area is 294 Å². The number of carbonyl (C=O) groups is 2. The smallest absolute Gasteiger partial charge is 0.411 e. The molecule has 1 aliphatic heterocycles. The van der Waals surface area contributed by atoms with Crippen molar-refractivity contribution in [2.75, 3.05) is 6.61 Å². The Hall–Kier alpha value is -4.86. The number of alkyl halides is 5. The molecular weight excluding hydrogens is 699 g/mol. The van der Waals surface area contributed by atoms with E-state index >= 15 is 0 Å². The molecule has 17 heteroatoms. The van der Waals surface area contributed by atoms with Gasteiger partial charge in [0.2, 0.25) is 0 Å². The van der Waals surface area contributed by atoms with Gasteiger partial charge in [-0.3, -0.25) is 20.1 Å². The molecule has 3 N–H and O–H groups in total. The minimum Gasteiger partial charge on any atom is -0.447 e. The molecular formula is C34H34ClF5N8O3. The molecule has 2 aliphatic rings. The lowest BCUT2D eigenvalue weighted by Crippen LogP contribution is -2.49. The first kappa shape index (κ1) is 35.9. The zero-order valence-corrected chi connectivity index (χ0v) is 28.7. The number of benzene rings is 2. The van der Waals surface area contributed by atoms with E-state index in [9.17, 15) is 31.5 Å². The lowest BCUT2D eigenvalue weighted by Gasteiger charge is -2.35. The molecule has 0 unspecified atom stereocenters. The molecule has 11 nitrogen and oxygen atoms in total. The van der Waals surface area contributed by atoms with Crippen LogP contribution >= 0.6 is 11.6 Å². The summed E-state index contributed by atoms with van der Waals surface area (Å²) in [7, 11) is 0. The van der Waals surface area contributed by atoms with Crippen LogP contribution in [-0.4, -0.2) is 60.9 Å². The normalized spacial score (nSPS) is 19.4. The molecule has 2 atom stereocenters. The number of amides is 2. The highest BCUT2D eigenvalue weighted by molar-refractivity contribution is 6.32. The predicted octanol–water partition coefficient (Wildman–Crippen LogP) is 7.28. The number of fused-ring (bicyclic) bond motifs is 1. The van der Waals surface area contributed by atoms with Crippen molar-refractivity contribution in [1.82, 2.24) is 35.3 Å². The van der Waals surface area contributed by atoms with Crippen molar-refractivity contribution in [3.05, 3.63) is 82.7 Å². The second-order valence-electron chi connectivity index (χ2n) is 14.0. The van der Waals surface area contributed by atoms with Crippen molar-refractivity contribution in [1.29, 1.82) is 5.41 Å². The number of rotatable bonds is 9. The number of nitrogens with zero attached hydrogens (tertiary/aromatic N) is 5. The third kappa shape index (κ3) is 6.68. The Kier molecular flexibility index (Phi) is 8.97. The Morgan fingerprint density at radius 1 is 1.12 bits per heavy atom. The number of aryl methyl sites for hydroxylation is 1. The minimum atomic E-state index is -4.71. The summed E-state index contributed by atoms with van der Waals surface area (Å²) in [6.07, 6.45) is -7.03. The first-order valence-electron chi connectivity index (χ1n) is 15.9. The highest BCUT2D eigenvalue weighted by Crippen LogP contribution is 2.49. The maximum atomic E-state index is 14.9. The third-order valence-corrected chi connectivity index (χ3v) is 9.40. The summed E-state index contributed by atoms with van der Waals surface area (Å²) in [5.74, 6) is -1.72. The van der Waals surface area contributed by atoms with Crippen molar-refractivity contribution in [3.63, 3.8) is 0 Å². The summed E-state index contributed by atoms with van der Waals surface area (Å²) in [5.41, 5.74) is -3.02. The quantitative estimate of drug-likeness (QED) is 0.154. The van der Waals surface area contributed by atoms with Gasteiger partial charge in [0.25, 0.3) is 12.3 Å². The molecule has 2 aromatic carbocycles. The van der Waals surface area contributed by atoms with Crippen LogP contribution in [0.4, 0.5) is 26.7 Å². The average molecular weight is 733 g/mol. The number of pyridine rings is 1. The van der Waals surface area contributed by atoms with Crippen LogP contribution in [0.5, 0.6) is 0 Å². The van der Waals surface area contributed by atoms with E-state index in [-0.39, 0.29) is 41.5 Å². The number of alkyl carbamates (subject to hydrolysis) is 1. The van der Waals surface area contributed by atoms with Gasteiger partial charge in [0.05, 0.1) is 16.8 Å². The van der Waals surface area contributed by atoms with Gasteiger partial charge in [0.15, 0.2) is 11.8 Å². The third-order valence-electron chi connectivity index (χ3n) is 9.08. The molecule has 6 rings (SSSR count). The van der Waals surface area contributed by atoms with Gasteiger partial charge in [-0.05, 0) is 72.4 Å². The largest absolute Gasteiger partial charge is 0.447 e. The van der Waals surface area contributed by atoms with E-state index in [0.29, 0.717) is 5.56 Å². The van der Waals surface area contributed by atoms with Crippen molar-refractivity contribution in [3.8, 4) is 5.69 Å². The molecule has 0 bridgehead atoms. The highest BCUT2D eigenvalue weighted by Gasteiger charge is 2.64. The number of guanidine groups is 1. The number of carbonyl (C=O) groups excluding carboxylic acids is 2. The van der Waals surface area contributed by atoms with Gasteiger partial charge in [-0.2, -0.15) is 18.3 Å². The van der Waals surface area contributed by atoms with Crippen LogP contribution in [0.25, 0.3) is 16.5 Å². The topological polar surface area (TPSA) is 138 Å². The summed E-state index contributed by atoms with van der Waals surface area (Å²) in [6.45, 7) is 6.91. The molecule has 1 saturated carbocycles. The van der Waals surface area contributed by atoms with Gasteiger partial charge in [-0.25, -0.2) is 23.2 Å². The number of halogens is 6. The maximum Gasteiger partial charge on any atom is 0.411 e. The first-order valence-corrected chi connectivity index (χ1v) is 16.3. The first-order chi connectivity index (χ1) is 23.9. The number of ether oxygens (including phenoxy) is 1. The van der Waals surface area contributed by atoms with Gasteiger partial charge in [-0.1, -0.05) is 50.6 Å². The number of aromatic nitrogens is 4. The number of hydrogen-bond donors (Lipinski definition) is 3. The van der Waals surface area contributed by atoms with Crippen molar-refractivity contribution >= 4 is 40.3 Å². The zero-order valence-electron chi connectivity index (χ0n) is 27.9. The second kappa shape index (κ2) is 12.7. The molecule has 51 heavy (non-hydrogen) atoms. The van der Waals surface area contributed by atoms with Crippen molar-refractivity contribution < 1.29 is 36.3 Å². The van der Waals surface area contributed by atoms with E-state index in [4.69, 9.17) is 21.7 Å².